The van der Waals surface area contributed by atoms with Gasteiger partial charge >= 0.3 is 0 Å². The van der Waals surface area contributed by atoms with Crippen LogP contribution in [0.4, 0.5) is 27.7 Å². The Morgan fingerprint density at radius 3 is 2.64 bits per heavy atom. The standard InChI is InChI=1S/C24H24FN7O/c1-15-21(29-16(2)33)4-3-5-22(15)30-23-27-14-28-24(31-23)32-10-8-17(9-11-32)18-6-7-19(13-26)20(25)12-18/h3-7,12,14,17H,8-11H2,1-2H3,(H,29,33)(H,27,28,30,31). The Morgan fingerprint density at radius 2 is 1.94 bits per heavy atom. The van der Waals surface area contributed by atoms with E-state index in [0.29, 0.717) is 11.9 Å². The van der Waals surface area contributed by atoms with Gasteiger partial charge in [0.25, 0.3) is 0 Å². The summed E-state index contributed by atoms with van der Waals surface area (Å²) in [7, 11) is 0. The zero-order valence-corrected chi connectivity index (χ0v) is 18.5. The molecule has 168 valence electrons. The van der Waals surface area contributed by atoms with E-state index in [9.17, 15) is 9.18 Å². The molecule has 1 amide bonds. The normalized spacial score (nSPS) is 13.9. The number of nitriles is 1. The second-order valence-electron chi connectivity index (χ2n) is 8.01. The zero-order valence-electron chi connectivity index (χ0n) is 18.5. The lowest BCUT2D eigenvalue weighted by Gasteiger charge is -2.32. The summed E-state index contributed by atoms with van der Waals surface area (Å²) >= 11 is 0. The number of piperidine rings is 1. The Balaban J connectivity index is 1.44. The molecule has 2 aromatic carbocycles. The molecule has 0 radical (unpaired) electrons. The van der Waals surface area contributed by atoms with Crippen molar-refractivity contribution >= 4 is 29.2 Å². The molecule has 1 aromatic heterocycles. The molecular weight excluding hydrogens is 421 g/mol. The third-order valence-electron chi connectivity index (χ3n) is 5.81. The Labute approximate surface area is 191 Å². The van der Waals surface area contributed by atoms with Gasteiger partial charge < -0.3 is 15.5 Å². The van der Waals surface area contributed by atoms with E-state index in [-0.39, 0.29) is 17.4 Å². The number of carbonyl (C=O) groups is 1. The zero-order chi connectivity index (χ0) is 23.4. The molecule has 33 heavy (non-hydrogen) atoms. The number of carbonyl (C=O) groups excluding carboxylic acids is 1. The van der Waals surface area contributed by atoms with Crippen molar-refractivity contribution in [3.63, 3.8) is 0 Å². The van der Waals surface area contributed by atoms with Gasteiger partial charge in [0.2, 0.25) is 17.8 Å². The molecule has 9 heteroatoms. The number of nitrogens with one attached hydrogen (secondary N) is 2. The van der Waals surface area contributed by atoms with Crippen molar-refractivity contribution in [1.29, 1.82) is 5.26 Å². The van der Waals surface area contributed by atoms with Crippen molar-refractivity contribution in [1.82, 2.24) is 15.0 Å². The highest BCUT2D eigenvalue weighted by Gasteiger charge is 2.23. The Bertz CT molecular complexity index is 1220. The number of amides is 1. The van der Waals surface area contributed by atoms with E-state index in [0.717, 1.165) is 48.4 Å². The van der Waals surface area contributed by atoms with Gasteiger partial charge in [0, 0.05) is 31.4 Å². The summed E-state index contributed by atoms with van der Waals surface area (Å²) < 4.78 is 14.0. The molecule has 0 atom stereocenters. The van der Waals surface area contributed by atoms with Crippen LogP contribution in [0.2, 0.25) is 0 Å². The molecule has 0 saturated carbocycles. The van der Waals surface area contributed by atoms with Crippen LogP contribution >= 0.6 is 0 Å². The number of halogens is 1. The fourth-order valence-corrected chi connectivity index (χ4v) is 4.01. The largest absolute Gasteiger partial charge is 0.341 e. The maximum absolute atomic E-state index is 14.0. The van der Waals surface area contributed by atoms with Crippen LogP contribution in [0, 0.1) is 24.1 Å². The SMILES string of the molecule is CC(=O)Nc1cccc(Nc2ncnc(N3CCC(c4ccc(C#N)c(F)c4)CC3)n2)c1C. The molecule has 2 heterocycles. The quantitative estimate of drug-likeness (QED) is 0.604. The molecule has 3 aromatic rings. The van der Waals surface area contributed by atoms with Crippen molar-refractivity contribution in [2.45, 2.75) is 32.6 Å². The first-order valence-electron chi connectivity index (χ1n) is 10.7. The van der Waals surface area contributed by atoms with Crippen LogP contribution in [0.5, 0.6) is 0 Å². The molecule has 1 aliphatic heterocycles. The highest BCUT2D eigenvalue weighted by atomic mass is 19.1. The van der Waals surface area contributed by atoms with Gasteiger partial charge in [-0.1, -0.05) is 12.1 Å². The smallest absolute Gasteiger partial charge is 0.232 e. The Hall–Kier alpha value is -4.06. The van der Waals surface area contributed by atoms with Gasteiger partial charge in [-0.05, 0) is 61.1 Å². The van der Waals surface area contributed by atoms with Crippen LogP contribution in [0.25, 0.3) is 0 Å². The van der Waals surface area contributed by atoms with Crippen molar-refractivity contribution in [3.8, 4) is 6.07 Å². The summed E-state index contributed by atoms with van der Waals surface area (Å²) in [5.74, 6) is 0.613. The number of benzene rings is 2. The average molecular weight is 446 g/mol. The van der Waals surface area contributed by atoms with Gasteiger partial charge in [0.1, 0.15) is 18.2 Å². The Kier molecular flexibility index (Phi) is 6.45. The van der Waals surface area contributed by atoms with Crippen molar-refractivity contribution in [2.24, 2.45) is 0 Å². The first-order valence-corrected chi connectivity index (χ1v) is 10.7. The van der Waals surface area contributed by atoms with E-state index in [4.69, 9.17) is 5.26 Å². The maximum Gasteiger partial charge on any atom is 0.232 e. The van der Waals surface area contributed by atoms with Gasteiger partial charge in [0.05, 0.1) is 5.56 Å². The van der Waals surface area contributed by atoms with E-state index >= 15 is 0 Å². The second kappa shape index (κ2) is 9.61. The summed E-state index contributed by atoms with van der Waals surface area (Å²) in [5.41, 5.74) is 3.38. The average Bonchev–Trinajstić information content (AvgIpc) is 2.82. The summed E-state index contributed by atoms with van der Waals surface area (Å²) in [6, 6.07) is 12.3. The monoisotopic (exact) mass is 445 g/mol. The molecule has 0 bridgehead atoms. The van der Waals surface area contributed by atoms with Gasteiger partial charge in [-0.15, -0.1) is 0 Å². The molecule has 0 unspecified atom stereocenters. The maximum atomic E-state index is 14.0. The highest BCUT2D eigenvalue weighted by molar-refractivity contribution is 5.90. The molecule has 0 aliphatic carbocycles. The summed E-state index contributed by atoms with van der Waals surface area (Å²) in [6.45, 7) is 4.84. The predicted molar refractivity (Wildman–Crippen MR) is 124 cm³/mol. The molecule has 1 aliphatic rings. The lowest BCUT2D eigenvalue weighted by molar-refractivity contribution is -0.114. The number of aromatic nitrogens is 3. The van der Waals surface area contributed by atoms with Gasteiger partial charge in [-0.3, -0.25) is 4.79 Å². The van der Waals surface area contributed by atoms with E-state index in [1.165, 1.54) is 19.3 Å². The topological polar surface area (TPSA) is 107 Å². The first kappa shape index (κ1) is 22.1. The Morgan fingerprint density at radius 1 is 1.18 bits per heavy atom. The molecular formula is C24H24FN7O. The van der Waals surface area contributed by atoms with Crippen LogP contribution < -0.4 is 15.5 Å². The number of hydrogen-bond donors (Lipinski definition) is 2. The lowest BCUT2D eigenvalue weighted by atomic mass is 9.89. The van der Waals surface area contributed by atoms with E-state index in [1.54, 1.807) is 6.07 Å². The second-order valence-corrected chi connectivity index (χ2v) is 8.01. The molecule has 2 N–H and O–H groups in total. The molecule has 8 nitrogen and oxygen atoms in total. The molecule has 1 fully saturated rings. The fraction of sp³-hybridized carbons (Fsp3) is 0.292. The summed E-state index contributed by atoms with van der Waals surface area (Å²) in [6.07, 6.45) is 3.13. The van der Waals surface area contributed by atoms with Crippen molar-refractivity contribution in [3.05, 3.63) is 65.2 Å². The minimum Gasteiger partial charge on any atom is -0.341 e. The number of hydrogen-bond acceptors (Lipinski definition) is 7. The van der Waals surface area contributed by atoms with Crippen LogP contribution in [0.1, 0.15) is 42.4 Å². The molecule has 4 rings (SSSR count). The predicted octanol–water partition coefficient (Wildman–Crippen LogP) is 4.28. The van der Waals surface area contributed by atoms with Crippen LogP contribution in [-0.2, 0) is 4.79 Å². The summed E-state index contributed by atoms with van der Waals surface area (Å²) in [4.78, 5) is 26.6. The number of anilines is 4. The highest BCUT2D eigenvalue weighted by Crippen LogP contribution is 2.31. The van der Waals surface area contributed by atoms with Crippen LogP contribution in [0.3, 0.4) is 0 Å². The van der Waals surface area contributed by atoms with Crippen LogP contribution in [0.15, 0.2) is 42.7 Å². The number of nitrogens with zero attached hydrogens (tertiary/aromatic N) is 5. The first-order chi connectivity index (χ1) is 15.9. The summed E-state index contributed by atoms with van der Waals surface area (Å²) in [5, 5.41) is 14.9. The minimum absolute atomic E-state index is 0.0687. The molecule has 0 spiro atoms. The van der Waals surface area contributed by atoms with E-state index in [2.05, 4.69) is 30.5 Å². The number of rotatable bonds is 5. The van der Waals surface area contributed by atoms with E-state index in [1.807, 2.05) is 37.3 Å². The van der Waals surface area contributed by atoms with Crippen LogP contribution in [-0.4, -0.2) is 33.9 Å². The van der Waals surface area contributed by atoms with Gasteiger partial charge in [0.15, 0.2) is 0 Å². The van der Waals surface area contributed by atoms with Gasteiger partial charge in [-0.25, -0.2) is 14.4 Å². The fourth-order valence-electron chi connectivity index (χ4n) is 4.01. The van der Waals surface area contributed by atoms with E-state index < -0.39 is 5.82 Å². The third kappa shape index (κ3) is 5.06. The molecule has 1 saturated heterocycles. The van der Waals surface area contributed by atoms with Crippen molar-refractivity contribution in [2.75, 3.05) is 28.6 Å². The third-order valence-corrected chi connectivity index (χ3v) is 5.81. The lowest BCUT2D eigenvalue weighted by Crippen LogP contribution is -2.34. The minimum atomic E-state index is -0.469. The van der Waals surface area contributed by atoms with Gasteiger partial charge in [-0.2, -0.15) is 10.2 Å². The van der Waals surface area contributed by atoms with Crippen molar-refractivity contribution < 1.29 is 9.18 Å².